The maximum absolute atomic E-state index is 4.67. The molecule has 0 aromatic carbocycles. The Hall–Kier alpha value is 0.310. The zero-order valence-corrected chi connectivity index (χ0v) is 17.2. The molecule has 7 unspecified atom stereocenters. The van der Waals surface area contributed by atoms with Crippen LogP contribution in [0.2, 0.25) is 0 Å². The molecule has 3 aliphatic carbocycles. The summed E-state index contributed by atoms with van der Waals surface area (Å²) in [7, 11) is 0. The van der Waals surface area contributed by atoms with Gasteiger partial charge in [-0.1, -0.05) is 27.7 Å². The van der Waals surface area contributed by atoms with Crippen molar-refractivity contribution in [3.05, 3.63) is 0 Å². The van der Waals surface area contributed by atoms with Crippen molar-refractivity contribution < 1.29 is 0 Å². The van der Waals surface area contributed by atoms with E-state index >= 15 is 0 Å². The lowest BCUT2D eigenvalue weighted by Crippen LogP contribution is -2.49. The average Bonchev–Trinajstić information content (AvgIpc) is 3.30. The van der Waals surface area contributed by atoms with E-state index in [0.717, 1.165) is 47.3 Å². The third-order valence-electron chi connectivity index (χ3n) is 8.37. The highest BCUT2D eigenvalue weighted by Gasteiger charge is 2.60. The van der Waals surface area contributed by atoms with Gasteiger partial charge in [0.05, 0.1) is 0 Å². The van der Waals surface area contributed by atoms with Crippen LogP contribution < -0.4 is 5.32 Å². The van der Waals surface area contributed by atoms with Crippen LogP contribution in [0.3, 0.4) is 0 Å². The minimum absolute atomic E-state index is 0.555. The number of thiol groups is 1. The first-order valence-electron chi connectivity index (χ1n) is 10.8. The number of hydrogen-bond donors (Lipinski definition) is 2. The molecule has 0 spiro atoms. The standard InChI is InChI=1S/C22H39NS/c1-13-9-16(6-5-14(2)24)21(15-7-8-15)22(3,4)20(13)19-10-18(19)17-11-23-12-17/h13-21,23-24H,5-12H2,1-4H3. The smallest absolute Gasteiger partial charge is 0.000549 e. The SMILES string of the molecule is CC(S)CCC1CC(C)C(C2CC2C2CNC2)C(C)(C)C1C1CC1. The topological polar surface area (TPSA) is 12.0 Å². The number of rotatable bonds is 6. The van der Waals surface area contributed by atoms with Gasteiger partial charge in [0.15, 0.2) is 0 Å². The lowest BCUT2D eigenvalue weighted by molar-refractivity contribution is -0.0547. The molecule has 138 valence electrons. The lowest BCUT2D eigenvalue weighted by atomic mass is 9.51. The van der Waals surface area contributed by atoms with E-state index in [2.05, 4.69) is 45.6 Å². The van der Waals surface area contributed by atoms with E-state index in [-0.39, 0.29) is 0 Å². The number of hydrogen-bond acceptors (Lipinski definition) is 2. The molecule has 1 nitrogen and oxygen atoms in total. The molecule has 3 saturated carbocycles. The van der Waals surface area contributed by atoms with Gasteiger partial charge in [0.1, 0.15) is 0 Å². The Morgan fingerprint density at radius 3 is 2.29 bits per heavy atom. The highest BCUT2D eigenvalue weighted by molar-refractivity contribution is 7.80. The quantitative estimate of drug-likeness (QED) is 0.623. The fourth-order valence-corrected chi connectivity index (χ4v) is 7.46. The summed E-state index contributed by atoms with van der Waals surface area (Å²) in [6.45, 7) is 12.8. The Bertz CT molecular complexity index is 451. The maximum Gasteiger partial charge on any atom is -0.000549 e. The van der Waals surface area contributed by atoms with Crippen LogP contribution in [0, 0.1) is 52.8 Å². The van der Waals surface area contributed by atoms with Crippen LogP contribution in [-0.4, -0.2) is 18.3 Å². The van der Waals surface area contributed by atoms with Crippen LogP contribution in [0.15, 0.2) is 0 Å². The number of nitrogens with one attached hydrogen (secondary N) is 1. The molecule has 4 aliphatic rings. The van der Waals surface area contributed by atoms with Crippen LogP contribution in [0.1, 0.15) is 66.2 Å². The average molecular weight is 350 g/mol. The second kappa shape index (κ2) is 6.48. The molecule has 0 aromatic rings. The van der Waals surface area contributed by atoms with Gasteiger partial charge in [0.2, 0.25) is 0 Å². The first-order valence-corrected chi connectivity index (χ1v) is 11.3. The van der Waals surface area contributed by atoms with Gasteiger partial charge < -0.3 is 5.32 Å². The predicted octanol–water partition coefficient (Wildman–Crippen LogP) is 5.27. The molecule has 1 saturated heterocycles. The van der Waals surface area contributed by atoms with Gasteiger partial charge in [-0.15, -0.1) is 0 Å². The van der Waals surface area contributed by atoms with Crippen molar-refractivity contribution in [1.29, 1.82) is 0 Å². The largest absolute Gasteiger partial charge is 0.316 e. The Morgan fingerprint density at radius 2 is 1.75 bits per heavy atom. The molecule has 0 aromatic heterocycles. The Morgan fingerprint density at radius 1 is 1.04 bits per heavy atom. The summed E-state index contributed by atoms with van der Waals surface area (Å²) in [6, 6.07) is 0. The van der Waals surface area contributed by atoms with Crippen LogP contribution in [0.4, 0.5) is 0 Å². The van der Waals surface area contributed by atoms with Crippen molar-refractivity contribution in [3.63, 3.8) is 0 Å². The van der Waals surface area contributed by atoms with Gasteiger partial charge in [0, 0.05) is 0 Å². The van der Waals surface area contributed by atoms with E-state index in [4.69, 9.17) is 0 Å². The molecule has 1 N–H and O–H groups in total. The fourth-order valence-electron chi connectivity index (χ4n) is 7.31. The van der Waals surface area contributed by atoms with Gasteiger partial charge >= 0.3 is 0 Å². The fraction of sp³-hybridized carbons (Fsp3) is 1.00. The van der Waals surface area contributed by atoms with Crippen molar-refractivity contribution in [2.45, 2.75) is 71.5 Å². The monoisotopic (exact) mass is 349 g/mol. The Labute approximate surface area is 155 Å². The molecular weight excluding hydrogens is 310 g/mol. The van der Waals surface area contributed by atoms with Gasteiger partial charge in [-0.3, -0.25) is 0 Å². The van der Waals surface area contributed by atoms with Crippen molar-refractivity contribution in [2.24, 2.45) is 52.8 Å². The van der Waals surface area contributed by atoms with Crippen LogP contribution in [0.5, 0.6) is 0 Å². The van der Waals surface area contributed by atoms with E-state index < -0.39 is 0 Å². The van der Waals surface area contributed by atoms with Crippen molar-refractivity contribution in [3.8, 4) is 0 Å². The van der Waals surface area contributed by atoms with Gasteiger partial charge in [-0.05, 0) is 110 Å². The highest BCUT2D eigenvalue weighted by Crippen LogP contribution is 2.66. The molecule has 0 radical (unpaired) electrons. The molecule has 7 atom stereocenters. The van der Waals surface area contributed by atoms with E-state index in [0.29, 0.717) is 10.7 Å². The molecule has 1 aliphatic heterocycles. The van der Waals surface area contributed by atoms with E-state index in [9.17, 15) is 0 Å². The molecule has 0 bridgehead atoms. The zero-order chi connectivity index (χ0) is 17.1. The third-order valence-corrected chi connectivity index (χ3v) is 8.63. The van der Waals surface area contributed by atoms with Crippen molar-refractivity contribution in [1.82, 2.24) is 5.32 Å². The van der Waals surface area contributed by atoms with E-state index in [1.165, 1.54) is 45.2 Å². The first kappa shape index (κ1) is 17.7. The van der Waals surface area contributed by atoms with Crippen LogP contribution in [-0.2, 0) is 0 Å². The van der Waals surface area contributed by atoms with E-state index in [1.807, 2.05) is 0 Å². The summed E-state index contributed by atoms with van der Waals surface area (Å²) >= 11 is 4.67. The zero-order valence-electron chi connectivity index (χ0n) is 16.3. The Kier molecular flexibility index (Phi) is 4.78. The lowest BCUT2D eigenvalue weighted by Gasteiger charge is -2.54. The summed E-state index contributed by atoms with van der Waals surface area (Å²) in [5, 5.41) is 4.07. The highest BCUT2D eigenvalue weighted by atomic mass is 32.1. The van der Waals surface area contributed by atoms with Crippen LogP contribution in [0.25, 0.3) is 0 Å². The molecular formula is C22H39NS. The van der Waals surface area contributed by atoms with Crippen LogP contribution >= 0.6 is 12.6 Å². The molecule has 2 heteroatoms. The molecule has 1 heterocycles. The van der Waals surface area contributed by atoms with Gasteiger partial charge in [-0.2, -0.15) is 12.6 Å². The summed E-state index contributed by atoms with van der Waals surface area (Å²) < 4.78 is 0. The third kappa shape index (κ3) is 3.20. The minimum Gasteiger partial charge on any atom is -0.316 e. The van der Waals surface area contributed by atoms with Gasteiger partial charge in [0.25, 0.3) is 0 Å². The normalized spacial score (nSPS) is 46.4. The summed E-state index contributed by atoms with van der Waals surface area (Å²) in [5.74, 6) is 8.05. The summed E-state index contributed by atoms with van der Waals surface area (Å²) in [6.07, 6.45) is 8.81. The van der Waals surface area contributed by atoms with E-state index in [1.54, 1.807) is 6.42 Å². The van der Waals surface area contributed by atoms with Crippen molar-refractivity contribution >= 4 is 12.6 Å². The van der Waals surface area contributed by atoms with Crippen molar-refractivity contribution in [2.75, 3.05) is 13.1 Å². The molecule has 24 heavy (non-hydrogen) atoms. The Balaban J connectivity index is 1.49. The second-order valence-electron chi connectivity index (χ2n) is 10.6. The minimum atomic E-state index is 0.555. The summed E-state index contributed by atoms with van der Waals surface area (Å²) in [5.41, 5.74) is 0.555. The first-order chi connectivity index (χ1) is 11.4. The molecule has 0 amide bonds. The molecule has 4 rings (SSSR count). The summed E-state index contributed by atoms with van der Waals surface area (Å²) in [4.78, 5) is 0. The predicted molar refractivity (Wildman–Crippen MR) is 106 cm³/mol. The molecule has 4 fully saturated rings. The second-order valence-corrected chi connectivity index (χ2v) is 11.5. The van der Waals surface area contributed by atoms with Gasteiger partial charge in [-0.25, -0.2) is 0 Å². The maximum atomic E-state index is 4.67.